The average Bonchev–Trinajstić information content (AvgIpc) is 2.37. The molecule has 1 aromatic rings. The highest BCUT2D eigenvalue weighted by Crippen LogP contribution is 2.24. The van der Waals surface area contributed by atoms with Crippen LogP contribution in [0.25, 0.3) is 0 Å². The number of benzene rings is 1. The van der Waals surface area contributed by atoms with Crippen LogP contribution in [0.1, 0.15) is 17.3 Å². The zero-order valence-electron chi connectivity index (χ0n) is 10.5. The number of carbonyl (C=O) groups excluding carboxylic acids is 1. The Hall–Kier alpha value is -2.13. The van der Waals surface area contributed by atoms with Gasteiger partial charge in [0.1, 0.15) is 5.56 Å². The molecule has 100 valence electrons. The van der Waals surface area contributed by atoms with Crippen LogP contribution >= 0.6 is 11.6 Å². The Morgan fingerprint density at radius 3 is 2.79 bits per heavy atom. The SMILES string of the molecule is CC(C#N)CN(C)C(=O)c1ccc(Cl)cc1[N+](=O)[O-]. The van der Waals surface area contributed by atoms with Gasteiger partial charge in [-0.25, -0.2) is 0 Å². The van der Waals surface area contributed by atoms with Gasteiger partial charge in [0.05, 0.1) is 16.9 Å². The van der Waals surface area contributed by atoms with Gasteiger partial charge in [0.25, 0.3) is 11.6 Å². The molecule has 1 unspecified atom stereocenters. The Morgan fingerprint density at radius 2 is 2.26 bits per heavy atom. The van der Waals surface area contributed by atoms with Crippen molar-refractivity contribution < 1.29 is 9.72 Å². The van der Waals surface area contributed by atoms with Gasteiger partial charge in [-0.05, 0) is 19.1 Å². The van der Waals surface area contributed by atoms with Crippen LogP contribution in [-0.2, 0) is 0 Å². The van der Waals surface area contributed by atoms with E-state index in [2.05, 4.69) is 0 Å². The lowest BCUT2D eigenvalue weighted by atomic mass is 10.1. The van der Waals surface area contributed by atoms with E-state index in [-0.39, 0.29) is 28.7 Å². The molecule has 1 atom stereocenters. The molecule has 0 heterocycles. The van der Waals surface area contributed by atoms with Crippen molar-refractivity contribution in [2.75, 3.05) is 13.6 Å². The third kappa shape index (κ3) is 3.66. The quantitative estimate of drug-likeness (QED) is 0.626. The summed E-state index contributed by atoms with van der Waals surface area (Å²) in [5.41, 5.74) is -0.379. The van der Waals surface area contributed by atoms with Crippen molar-refractivity contribution in [3.05, 3.63) is 38.9 Å². The van der Waals surface area contributed by atoms with Crippen molar-refractivity contribution >= 4 is 23.2 Å². The minimum atomic E-state index is -0.652. The predicted molar refractivity (Wildman–Crippen MR) is 69.8 cm³/mol. The van der Waals surface area contributed by atoms with E-state index in [4.69, 9.17) is 16.9 Å². The van der Waals surface area contributed by atoms with Crippen LogP contribution < -0.4 is 0 Å². The van der Waals surface area contributed by atoms with Gasteiger partial charge in [0.15, 0.2) is 0 Å². The van der Waals surface area contributed by atoms with Crippen molar-refractivity contribution in [1.82, 2.24) is 4.90 Å². The van der Waals surface area contributed by atoms with Gasteiger partial charge in [0, 0.05) is 24.7 Å². The molecule has 1 aromatic carbocycles. The van der Waals surface area contributed by atoms with E-state index in [9.17, 15) is 14.9 Å². The minimum Gasteiger partial charge on any atom is -0.340 e. The molecule has 0 aliphatic heterocycles. The number of nitriles is 1. The number of amides is 1. The van der Waals surface area contributed by atoms with Crippen LogP contribution in [0.5, 0.6) is 0 Å². The summed E-state index contributed by atoms with van der Waals surface area (Å²) in [4.78, 5) is 23.6. The topological polar surface area (TPSA) is 87.2 Å². The molecular formula is C12H12ClN3O3. The molecule has 0 aliphatic carbocycles. The van der Waals surface area contributed by atoms with Crippen LogP contribution in [0.4, 0.5) is 5.69 Å². The number of rotatable bonds is 4. The van der Waals surface area contributed by atoms with Crippen molar-refractivity contribution in [3.8, 4) is 6.07 Å². The number of hydrogen-bond acceptors (Lipinski definition) is 4. The summed E-state index contributed by atoms with van der Waals surface area (Å²) in [6, 6.07) is 5.87. The highest BCUT2D eigenvalue weighted by Gasteiger charge is 2.23. The van der Waals surface area contributed by atoms with Gasteiger partial charge in [-0.1, -0.05) is 11.6 Å². The molecule has 0 bridgehead atoms. The molecule has 0 fully saturated rings. The smallest absolute Gasteiger partial charge is 0.283 e. The van der Waals surface area contributed by atoms with E-state index in [1.807, 2.05) is 6.07 Å². The highest BCUT2D eigenvalue weighted by molar-refractivity contribution is 6.31. The van der Waals surface area contributed by atoms with E-state index in [0.29, 0.717) is 0 Å². The predicted octanol–water partition coefficient (Wildman–Crippen LogP) is 2.48. The summed E-state index contributed by atoms with van der Waals surface area (Å²) in [7, 11) is 1.49. The zero-order valence-corrected chi connectivity index (χ0v) is 11.2. The van der Waals surface area contributed by atoms with E-state index in [1.165, 1.54) is 24.1 Å². The Kier molecular flexibility index (Phi) is 4.84. The van der Waals surface area contributed by atoms with Gasteiger partial charge in [-0.3, -0.25) is 14.9 Å². The monoisotopic (exact) mass is 281 g/mol. The Balaban J connectivity index is 3.06. The maximum atomic E-state index is 12.1. The maximum Gasteiger partial charge on any atom is 0.283 e. The van der Waals surface area contributed by atoms with Gasteiger partial charge in [0.2, 0.25) is 0 Å². The van der Waals surface area contributed by atoms with Gasteiger partial charge in [-0.2, -0.15) is 5.26 Å². The second-order valence-corrected chi connectivity index (χ2v) is 4.57. The van der Waals surface area contributed by atoms with Crippen molar-refractivity contribution in [2.45, 2.75) is 6.92 Å². The molecule has 7 heteroatoms. The average molecular weight is 282 g/mol. The number of nitrogens with zero attached hydrogens (tertiary/aromatic N) is 3. The van der Waals surface area contributed by atoms with Crippen molar-refractivity contribution in [1.29, 1.82) is 5.26 Å². The van der Waals surface area contributed by atoms with E-state index in [1.54, 1.807) is 6.92 Å². The van der Waals surface area contributed by atoms with Crippen molar-refractivity contribution in [2.24, 2.45) is 5.92 Å². The second-order valence-electron chi connectivity index (χ2n) is 4.13. The molecule has 0 N–H and O–H groups in total. The Labute approximate surface area is 115 Å². The Morgan fingerprint density at radius 1 is 1.63 bits per heavy atom. The molecule has 0 aliphatic rings. The first-order valence-corrected chi connectivity index (χ1v) is 5.83. The van der Waals surface area contributed by atoms with Gasteiger partial charge < -0.3 is 4.90 Å². The molecule has 1 amide bonds. The largest absolute Gasteiger partial charge is 0.340 e. The molecule has 0 aromatic heterocycles. The first-order valence-electron chi connectivity index (χ1n) is 5.45. The van der Waals surface area contributed by atoms with Gasteiger partial charge >= 0.3 is 0 Å². The number of carbonyl (C=O) groups is 1. The fourth-order valence-corrected chi connectivity index (χ4v) is 1.74. The lowest BCUT2D eigenvalue weighted by Crippen LogP contribution is -2.31. The third-order valence-corrected chi connectivity index (χ3v) is 2.74. The number of nitro benzene ring substituents is 1. The molecular weight excluding hydrogens is 270 g/mol. The molecule has 0 saturated carbocycles. The van der Waals surface area contributed by atoms with Crippen LogP contribution in [0, 0.1) is 27.4 Å². The summed E-state index contributed by atoms with van der Waals surface area (Å²) in [6.07, 6.45) is 0. The Bertz CT molecular complexity index is 554. The van der Waals surface area contributed by atoms with E-state index < -0.39 is 10.8 Å². The molecule has 1 rings (SSSR count). The minimum absolute atomic E-state index is 0.0398. The summed E-state index contributed by atoms with van der Waals surface area (Å²) in [5.74, 6) is -0.856. The van der Waals surface area contributed by atoms with Crippen LogP contribution in [0.15, 0.2) is 18.2 Å². The van der Waals surface area contributed by atoms with Crippen LogP contribution in [0.2, 0.25) is 5.02 Å². The molecule has 6 nitrogen and oxygen atoms in total. The number of hydrogen-bond donors (Lipinski definition) is 0. The highest BCUT2D eigenvalue weighted by atomic mass is 35.5. The van der Waals surface area contributed by atoms with Crippen LogP contribution in [-0.4, -0.2) is 29.3 Å². The molecule has 0 radical (unpaired) electrons. The summed E-state index contributed by atoms with van der Waals surface area (Å²) in [6.45, 7) is 1.87. The second kappa shape index (κ2) is 6.16. The summed E-state index contributed by atoms with van der Waals surface area (Å²) < 4.78 is 0. The zero-order chi connectivity index (χ0) is 14.6. The molecule has 19 heavy (non-hydrogen) atoms. The number of nitro groups is 1. The van der Waals surface area contributed by atoms with E-state index >= 15 is 0 Å². The fraction of sp³-hybridized carbons (Fsp3) is 0.333. The summed E-state index contributed by atoms with van der Waals surface area (Å²) >= 11 is 5.68. The summed E-state index contributed by atoms with van der Waals surface area (Å²) in [5, 5.41) is 19.8. The first kappa shape index (κ1) is 14.9. The normalized spacial score (nSPS) is 11.5. The standard InChI is InChI=1S/C12H12ClN3O3/c1-8(6-14)7-15(2)12(17)10-4-3-9(13)5-11(10)16(18)19/h3-5,8H,7H2,1-2H3. The van der Waals surface area contributed by atoms with Crippen molar-refractivity contribution in [3.63, 3.8) is 0 Å². The maximum absolute atomic E-state index is 12.1. The lowest BCUT2D eigenvalue weighted by Gasteiger charge is -2.18. The molecule has 0 spiro atoms. The van der Waals surface area contributed by atoms with Gasteiger partial charge in [-0.15, -0.1) is 0 Å². The lowest BCUT2D eigenvalue weighted by molar-refractivity contribution is -0.385. The van der Waals surface area contributed by atoms with Crippen LogP contribution in [0.3, 0.4) is 0 Å². The first-order chi connectivity index (χ1) is 8.86. The fourth-order valence-electron chi connectivity index (χ4n) is 1.58. The molecule has 0 saturated heterocycles. The number of halogens is 1. The third-order valence-electron chi connectivity index (χ3n) is 2.50. The van der Waals surface area contributed by atoms with E-state index in [0.717, 1.165) is 6.07 Å².